The van der Waals surface area contributed by atoms with Crippen LogP contribution in [0.4, 0.5) is 0 Å². The van der Waals surface area contributed by atoms with Crippen molar-refractivity contribution in [3.8, 4) is 0 Å². The molecule has 12 heteroatoms. The van der Waals surface area contributed by atoms with Crippen molar-refractivity contribution in [1.82, 2.24) is 29.9 Å². The predicted octanol–water partition coefficient (Wildman–Crippen LogP) is 6.28. The molecule has 144 valence electrons. The first-order chi connectivity index (χ1) is 12.6. The van der Waals surface area contributed by atoms with Crippen LogP contribution < -0.4 is 0 Å². The molecule has 0 radical (unpaired) electrons. The van der Waals surface area contributed by atoms with Crippen molar-refractivity contribution >= 4 is 69.6 Å². The number of hydrogen-bond acceptors (Lipinski definition) is 6. The minimum atomic E-state index is 0.101. The molecule has 0 unspecified atom stereocenters. The maximum Gasteiger partial charge on any atom is 0.223 e. The fourth-order valence-electron chi connectivity index (χ4n) is 1.32. The van der Waals surface area contributed by atoms with Crippen LogP contribution in [-0.4, -0.2) is 29.9 Å². The van der Waals surface area contributed by atoms with Gasteiger partial charge in [-0.25, -0.2) is 29.9 Å². The molecule has 3 aromatic heterocycles. The molecule has 0 N–H and O–H groups in total. The van der Waals surface area contributed by atoms with Gasteiger partial charge in [-0.15, -0.1) is 0 Å². The van der Waals surface area contributed by atoms with Crippen molar-refractivity contribution in [2.75, 3.05) is 0 Å². The Kier molecular flexibility index (Phi) is 10.4. The Morgan fingerprint density at radius 3 is 1.37 bits per heavy atom. The lowest BCUT2D eigenvalue weighted by atomic mass is 10.4. The molecule has 0 spiro atoms. The van der Waals surface area contributed by atoms with Crippen LogP contribution in [0.1, 0.15) is 17.2 Å². The van der Waals surface area contributed by atoms with Crippen LogP contribution >= 0.6 is 69.6 Å². The van der Waals surface area contributed by atoms with Crippen LogP contribution in [0.25, 0.3) is 0 Å². The molecule has 27 heavy (non-hydrogen) atoms. The summed E-state index contributed by atoms with van der Waals surface area (Å²) in [6.45, 7) is 5.47. The molecule has 6 nitrogen and oxygen atoms in total. The molecule has 0 saturated carbocycles. The zero-order valence-electron chi connectivity index (χ0n) is 14.2. The monoisotopic (exact) mass is 486 g/mol. The van der Waals surface area contributed by atoms with Gasteiger partial charge in [0, 0.05) is 6.20 Å². The number of hydrogen-bond donors (Lipinski definition) is 0. The highest BCUT2D eigenvalue weighted by molar-refractivity contribution is 6.41. The Labute approximate surface area is 186 Å². The molecule has 0 aliphatic carbocycles. The highest BCUT2D eigenvalue weighted by Gasteiger charge is 1.98. The van der Waals surface area contributed by atoms with E-state index in [0.717, 1.165) is 11.5 Å². The third-order valence-corrected chi connectivity index (χ3v) is 4.37. The Hall–Kier alpha value is -1.02. The van der Waals surface area contributed by atoms with E-state index in [1.165, 1.54) is 12.4 Å². The second kappa shape index (κ2) is 11.7. The van der Waals surface area contributed by atoms with Gasteiger partial charge in [0.15, 0.2) is 5.15 Å². The molecule has 3 rings (SSSR count). The first-order valence-corrected chi connectivity index (χ1v) is 9.30. The molecular weight excluding hydrogens is 477 g/mol. The first kappa shape index (κ1) is 24.0. The molecule has 0 aliphatic rings. The number of rotatable bonds is 0. The van der Waals surface area contributed by atoms with Crippen molar-refractivity contribution in [1.29, 1.82) is 0 Å². The number of halogens is 6. The van der Waals surface area contributed by atoms with Gasteiger partial charge in [-0.1, -0.05) is 46.4 Å². The van der Waals surface area contributed by atoms with Gasteiger partial charge in [-0.2, -0.15) is 0 Å². The number of aryl methyl sites for hydroxylation is 3. The van der Waals surface area contributed by atoms with Crippen molar-refractivity contribution in [2.24, 2.45) is 0 Å². The molecule has 0 aromatic carbocycles. The molecule has 0 atom stereocenters. The maximum absolute atomic E-state index is 5.66. The van der Waals surface area contributed by atoms with E-state index in [1.54, 1.807) is 13.1 Å². The molecule has 0 aliphatic heterocycles. The van der Waals surface area contributed by atoms with Gasteiger partial charge in [-0.3, -0.25) is 0 Å². The SMILES string of the molecule is Cc1nc(Cl)ncc1Cl.Cc1ncc(Cl)c(C)n1.Clc1ncc(Cl)c(Cl)n1. The zero-order valence-corrected chi connectivity index (χ0v) is 18.7. The van der Waals surface area contributed by atoms with E-state index >= 15 is 0 Å². The maximum atomic E-state index is 5.66. The van der Waals surface area contributed by atoms with Gasteiger partial charge in [0.25, 0.3) is 0 Å². The summed E-state index contributed by atoms with van der Waals surface area (Å²) in [6.07, 6.45) is 4.44. The summed E-state index contributed by atoms with van der Waals surface area (Å²) in [5, 5.41) is 1.99. The van der Waals surface area contributed by atoms with Gasteiger partial charge in [0.2, 0.25) is 10.6 Å². The average molecular weight is 489 g/mol. The summed E-state index contributed by atoms with van der Waals surface area (Å²) in [4.78, 5) is 22.5. The Morgan fingerprint density at radius 2 is 1.00 bits per heavy atom. The summed E-state index contributed by atoms with van der Waals surface area (Å²) in [5.41, 5.74) is 1.54. The van der Waals surface area contributed by atoms with Crippen LogP contribution in [0, 0.1) is 20.8 Å². The Bertz CT molecular complexity index is 790. The van der Waals surface area contributed by atoms with E-state index in [9.17, 15) is 0 Å². The zero-order chi connectivity index (χ0) is 20.6. The van der Waals surface area contributed by atoms with Crippen molar-refractivity contribution < 1.29 is 0 Å². The van der Waals surface area contributed by atoms with Gasteiger partial charge in [0.1, 0.15) is 5.82 Å². The lowest BCUT2D eigenvalue weighted by Crippen LogP contribution is -1.89. The lowest BCUT2D eigenvalue weighted by molar-refractivity contribution is 1.01. The molecular formula is C15H12Cl6N6. The molecule has 0 fully saturated rings. The van der Waals surface area contributed by atoms with Crippen LogP contribution in [0.2, 0.25) is 30.8 Å². The normalized spacial score (nSPS) is 9.67. The van der Waals surface area contributed by atoms with Crippen LogP contribution in [0.3, 0.4) is 0 Å². The summed E-state index contributed by atoms with van der Waals surface area (Å²) < 4.78 is 0. The second-order valence-electron chi connectivity index (χ2n) is 4.70. The van der Waals surface area contributed by atoms with E-state index < -0.39 is 0 Å². The number of nitrogens with zero attached hydrogens (tertiary/aromatic N) is 6. The fraction of sp³-hybridized carbons (Fsp3) is 0.200. The molecule has 3 heterocycles. The van der Waals surface area contributed by atoms with Crippen LogP contribution in [0.5, 0.6) is 0 Å². The molecule has 0 amide bonds. The van der Waals surface area contributed by atoms with E-state index in [-0.39, 0.29) is 15.7 Å². The average Bonchev–Trinajstić information content (AvgIpc) is 2.60. The standard InChI is InChI=1S/C6H7ClN2.C5H4Cl2N2.C4HCl3N2/c1-4-6(7)3-8-5(2)9-4;1-3-4(6)2-8-5(7)9-3;5-2-1-8-4(7)9-3(2)6/h3H,1-2H3;2H,1H3;1H. The fourth-order valence-corrected chi connectivity index (χ4v) is 2.07. The van der Waals surface area contributed by atoms with Crippen molar-refractivity contribution in [3.63, 3.8) is 0 Å². The quantitative estimate of drug-likeness (QED) is 0.274. The summed E-state index contributed by atoms with van der Waals surface area (Å²) >= 11 is 33.0. The lowest BCUT2D eigenvalue weighted by Gasteiger charge is -1.94. The van der Waals surface area contributed by atoms with Gasteiger partial charge in [0.05, 0.1) is 38.8 Å². The van der Waals surface area contributed by atoms with Crippen molar-refractivity contribution in [3.05, 3.63) is 66.6 Å². The minimum Gasteiger partial charge on any atom is -0.240 e. The Balaban J connectivity index is 0.000000202. The smallest absolute Gasteiger partial charge is 0.223 e. The van der Waals surface area contributed by atoms with E-state index in [2.05, 4.69) is 29.9 Å². The van der Waals surface area contributed by atoms with Crippen LogP contribution in [0.15, 0.2) is 18.6 Å². The van der Waals surface area contributed by atoms with E-state index in [0.29, 0.717) is 20.8 Å². The van der Waals surface area contributed by atoms with E-state index in [1.807, 2.05) is 13.8 Å². The third-order valence-electron chi connectivity index (χ3n) is 2.60. The van der Waals surface area contributed by atoms with Gasteiger partial charge in [-0.05, 0) is 44.0 Å². The first-order valence-electron chi connectivity index (χ1n) is 7.04. The third kappa shape index (κ3) is 9.14. The summed E-state index contributed by atoms with van der Waals surface area (Å²) in [6, 6.07) is 0. The Morgan fingerprint density at radius 1 is 0.556 bits per heavy atom. The number of aromatic nitrogens is 6. The minimum absolute atomic E-state index is 0.101. The van der Waals surface area contributed by atoms with E-state index in [4.69, 9.17) is 69.6 Å². The summed E-state index contributed by atoms with van der Waals surface area (Å²) in [5.74, 6) is 0.761. The van der Waals surface area contributed by atoms with Crippen molar-refractivity contribution in [2.45, 2.75) is 20.8 Å². The highest BCUT2D eigenvalue weighted by Crippen LogP contribution is 2.18. The largest absolute Gasteiger partial charge is 0.240 e. The topological polar surface area (TPSA) is 77.3 Å². The predicted molar refractivity (Wildman–Crippen MR) is 110 cm³/mol. The van der Waals surface area contributed by atoms with Crippen LogP contribution in [-0.2, 0) is 0 Å². The highest BCUT2D eigenvalue weighted by atomic mass is 35.5. The molecule has 0 saturated heterocycles. The van der Waals surface area contributed by atoms with Gasteiger partial charge >= 0.3 is 0 Å². The molecule has 0 bridgehead atoms. The second-order valence-corrected chi connectivity index (χ2v) is 6.96. The molecule has 3 aromatic rings. The summed E-state index contributed by atoms with van der Waals surface area (Å²) in [7, 11) is 0. The van der Waals surface area contributed by atoms with Gasteiger partial charge < -0.3 is 0 Å².